The van der Waals surface area contributed by atoms with Crippen molar-refractivity contribution in [3.05, 3.63) is 70.2 Å². The van der Waals surface area contributed by atoms with Gasteiger partial charge in [0.2, 0.25) is 0 Å². The molecule has 3 nitrogen and oxygen atoms in total. The quantitative estimate of drug-likeness (QED) is 0.627. The van der Waals surface area contributed by atoms with Crippen LogP contribution in [-0.4, -0.2) is 6.21 Å². The van der Waals surface area contributed by atoms with Gasteiger partial charge in [-0.3, -0.25) is 0 Å². The van der Waals surface area contributed by atoms with Gasteiger partial charge in [0, 0.05) is 5.02 Å². The number of halogens is 1. The maximum atomic E-state index is 8.78. The number of benzene rings is 2. The fourth-order valence-electron chi connectivity index (χ4n) is 1.53. The van der Waals surface area contributed by atoms with Crippen LogP contribution in [0, 0.1) is 11.3 Å². The van der Waals surface area contributed by atoms with Crippen molar-refractivity contribution >= 4 is 17.8 Å². The zero-order chi connectivity index (χ0) is 13.5. The van der Waals surface area contributed by atoms with E-state index in [1.807, 2.05) is 24.3 Å². The number of rotatable bonds is 4. The summed E-state index contributed by atoms with van der Waals surface area (Å²) in [5, 5.41) is 13.3. The molecule has 0 heterocycles. The Hall–Kier alpha value is -2.31. The summed E-state index contributed by atoms with van der Waals surface area (Å²) in [6.45, 7) is 0.326. The van der Waals surface area contributed by atoms with Crippen LogP contribution in [0.15, 0.2) is 53.7 Å². The Labute approximate surface area is 116 Å². The van der Waals surface area contributed by atoms with Crippen LogP contribution in [0.1, 0.15) is 16.7 Å². The third kappa shape index (κ3) is 4.13. The van der Waals surface area contributed by atoms with E-state index >= 15 is 0 Å². The molecule has 2 aromatic carbocycles. The summed E-state index contributed by atoms with van der Waals surface area (Å²) < 4.78 is 0. The highest BCUT2D eigenvalue weighted by Crippen LogP contribution is 2.09. The Balaban J connectivity index is 1.91. The summed E-state index contributed by atoms with van der Waals surface area (Å²) >= 11 is 5.85. The van der Waals surface area contributed by atoms with Gasteiger partial charge in [0.1, 0.15) is 6.61 Å². The van der Waals surface area contributed by atoms with E-state index in [1.165, 1.54) is 0 Å². The monoisotopic (exact) mass is 270 g/mol. The zero-order valence-corrected chi connectivity index (χ0v) is 10.8. The van der Waals surface area contributed by atoms with Crippen LogP contribution in [0.25, 0.3) is 0 Å². The molecule has 0 aliphatic carbocycles. The molecule has 0 aliphatic rings. The molecule has 0 saturated carbocycles. The molecule has 0 spiro atoms. The van der Waals surface area contributed by atoms with Gasteiger partial charge in [-0.05, 0) is 35.4 Å². The van der Waals surface area contributed by atoms with Gasteiger partial charge in [-0.15, -0.1) is 0 Å². The van der Waals surface area contributed by atoms with Gasteiger partial charge in [0.25, 0.3) is 0 Å². The summed E-state index contributed by atoms with van der Waals surface area (Å²) in [5.74, 6) is 0. The molecule has 0 aromatic heterocycles. The first-order valence-electron chi connectivity index (χ1n) is 5.68. The lowest BCUT2D eigenvalue weighted by atomic mass is 10.1. The van der Waals surface area contributed by atoms with E-state index in [2.05, 4.69) is 11.2 Å². The zero-order valence-electron chi connectivity index (χ0n) is 10.1. The van der Waals surface area contributed by atoms with Crippen molar-refractivity contribution in [2.75, 3.05) is 0 Å². The first kappa shape index (κ1) is 13.1. The summed E-state index contributed by atoms with van der Waals surface area (Å²) in [5.41, 5.74) is 2.39. The lowest BCUT2D eigenvalue weighted by Crippen LogP contribution is -1.89. The van der Waals surface area contributed by atoms with Gasteiger partial charge in [-0.2, -0.15) is 5.26 Å². The highest BCUT2D eigenvalue weighted by molar-refractivity contribution is 6.30. The maximum absolute atomic E-state index is 8.78. The standard InChI is InChI=1S/C15H11ClN2O/c16-15-6-2-4-13(8-15)10-18-19-11-14-5-1-3-12(7-14)9-17/h1-8,10H,11H2. The minimum absolute atomic E-state index is 0.326. The highest BCUT2D eigenvalue weighted by Gasteiger charge is 1.95. The van der Waals surface area contributed by atoms with E-state index in [9.17, 15) is 0 Å². The molecule has 0 atom stereocenters. The van der Waals surface area contributed by atoms with Crippen molar-refractivity contribution in [2.45, 2.75) is 6.61 Å². The molecule has 0 aliphatic heterocycles. The van der Waals surface area contributed by atoms with Crippen molar-refractivity contribution in [1.29, 1.82) is 5.26 Å². The highest BCUT2D eigenvalue weighted by atomic mass is 35.5. The fraction of sp³-hybridized carbons (Fsp3) is 0.0667. The molecule has 0 N–H and O–H groups in total. The van der Waals surface area contributed by atoms with Gasteiger partial charge in [-0.1, -0.05) is 41.0 Å². The number of nitrogens with zero attached hydrogens (tertiary/aromatic N) is 2. The van der Waals surface area contributed by atoms with Crippen LogP contribution in [-0.2, 0) is 11.4 Å². The molecule has 0 bridgehead atoms. The molecule has 2 rings (SSSR count). The lowest BCUT2D eigenvalue weighted by Gasteiger charge is -2.00. The molecule has 94 valence electrons. The molecule has 0 fully saturated rings. The normalized spacial score (nSPS) is 10.3. The minimum Gasteiger partial charge on any atom is -0.391 e. The van der Waals surface area contributed by atoms with Crippen molar-refractivity contribution < 1.29 is 4.84 Å². The Morgan fingerprint density at radius 1 is 1.21 bits per heavy atom. The average Bonchev–Trinajstić information content (AvgIpc) is 2.44. The summed E-state index contributed by atoms with van der Waals surface area (Å²) in [7, 11) is 0. The average molecular weight is 271 g/mol. The maximum Gasteiger partial charge on any atom is 0.142 e. The molecule has 2 aromatic rings. The van der Waals surface area contributed by atoms with Gasteiger partial charge < -0.3 is 4.84 Å². The Morgan fingerprint density at radius 2 is 2.05 bits per heavy atom. The summed E-state index contributed by atoms with van der Waals surface area (Å²) in [6, 6.07) is 16.6. The summed E-state index contributed by atoms with van der Waals surface area (Å²) in [6.07, 6.45) is 1.60. The largest absolute Gasteiger partial charge is 0.391 e. The van der Waals surface area contributed by atoms with Gasteiger partial charge in [0.05, 0.1) is 17.8 Å². The first-order chi connectivity index (χ1) is 9.28. The molecule has 4 heteroatoms. The van der Waals surface area contributed by atoms with Crippen LogP contribution in [0.3, 0.4) is 0 Å². The number of hydrogen-bond donors (Lipinski definition) is 0. The second-order valence-corrected chi connectivity index (χ2v) is 4.31. The van der Waals surface area contributed by atoms with E-state index in [0.29, 0.717) is 17.2 Å². The molecular weight excluding hydrogens is 260 g/mol. The van der Waals surface area contributed by atoms with Crippen LogP contribution in [0.2, 0.25) is 5.02 Å². The van der Waals surface area contributed by atoms with Crippen molar-refractivity contribution in [3.8, 4) is 6.07 Å². The predicted molar refractivity (Wildman–Crippen MR) is 75.0 cm³/mol. The molecular formula is C15H11ClN2O. The van der Waals surface area contributed by atoms with E-state index in [0.717, 1.165) is 11.1 Å². The second-order valence-electron chi connectivity index (χ2n) is 3.88. The first-order valence-corrected chi connectivity index (χ1v) is 6.05. The Bertz CT molecular complexity index is 632. The van der Waals surface area contributed by atoms with Crippen molar-refractivity contribution in [2.24, 2.45) is 5.16 Å². The Kier molecular flexibility index (Phi) is 4.54. The van der Waals surface area contributed by atoms with E-state index < -0.39 is 0 Å². The van der Waals surface area contributed by atoms with Crippen molar-refractivity contribution in [1.82, 2.24) is 0 Å². The van der Waals surface area contributed by atoms with Gasteiger partial charge >= 0.3 is 0 Å². The molecule has 0 unspecified atom stereocenters. The van der Waals surface area contributed by atoms with E-state index in [4.69, 9.17) is 21.7 Å². The van der Waals surface area contributed by atoms with Crippen LogP contribution < -0.4 is 0 Å². The number of hydrogen-bond acceptors (Lipinski definition) is 3. The Morgan fingerprint density at radius 3 is 2.84 bits per heavy atom. The van der Waals surface area contributed by atoms with Crippen LogP contribution >= 0.6 is 11.6 Å². The van der Waals surface area contributed by atoms with Crippen LogP contribution in [0.5, 0.6) is 0 Å². The van der Waals surface area contributed by atoms with E-state index in [-0.39, 0.29) is 0 Å². The SMILES string of the molecule is N#Cc1cccc(CON=Cc2cccc(Cl)c2)c1. The predicted octanol–water partition coefficient (Wildman–Crippen LogP) is 3.76. The topological polar surface area (TPSA) is 45.4 Å². The molecule has 0 saturated heterocycles. The summed E-state index contributed by atoms with van der Waals surface area (Å²) in [4.78, 5) is 5.18. The smallest absolute Gasteiger partial charge is 0.142 e. The molecule has 0 amide bonds. The molecule has 0 radical (unpaired) electrons. The van der Waals surface area contributed by atoms with Gasteiger partial charge in [0.15, 0.2) is 0 Å². The third-order valence-corrected chi connectivity index (χ3v) is 2.65. The van der Waals surface area contributed by atoms with E-state index in [1.54, 1.807) is 30.5 Å². The minimum atomic E-state index is 0.326. The second kappa shape index (κ2) is 6.58. The van der Waals surface area contributed by atoms with Gasteiger partial charge in [-0.25, -0.2) is 0 Å². The van der Waals surface area contributed by atoms with Crippen molar-refractivity contribution in [3.63, 3.8) is 0 Å². The van der Waals surface area contributed by atoms with Crippen LogP contribution in [0.4, 0.5) is 0 Å². The molecule has 19 heavy (non-hydrogen) atoms. The fourth-order valence-corrected chi connectivity index (χ4v) is 1.73. The number of oxime groups is 1. The lowest BCUT2D eigenvalue weighted by molar-refractivity contribution is 0.132. The number of nitriles is 1. The third-order valence-electron chi connectivity index (χ3n) is 2.41.